The minimum Gasteiger partial charge on any atom is -0.478 e. The van der Waals surface area contributed by atoms with Crippen LogP contribution in [0.4, 0.5) is 0 Å². The molecule has 25 heavy (non-hydrogen) atoms. The summed E-state index contributed by atoms with van der Waals surface area (Å²) in [6.07, 6.45) is 14.8. The van der Waals surface area contributed by atoms with Gasteiger partial charge in [0, 0.05) is 0 Å². The molecule has 0 aliphatic carbocycles. The van der Waals surface area contributed by atoms with Crippen molar-refractivity contribution in [3.8, 4) is 0 Å². The van der Waals surface area contributed by atoms with E-state index in [1.54, 1.807) is 12.1 Å². The van der Waals surface area contributed by atoms with Crippen LogP contribution in [0.3, 0.4) is 0 Å². The molecule has 1 rings (SSSR count). The normalized spacial score (nSPS) is 10.9. The van der Waals surface area contributed by atoms with E-state index in [0.717, 1.165) is 25.7 Å². The Kier molecular flexibility index (Phi) is 11.1. The van der Waals surface area contributed by atoms with Crippen molar-refractivity contribution in [2.24, 2.45) is 0 Å². The number of carbonyl (C=O) groups excluding carboxylic acids is 1. The Balaban J connectivity index is 2.11. The summed E-state index contributed by atoms with van der Waals surface area (Å²) in [6, 6.07) is 6.12. The van der Waals surface area contributed by atoms with Gasteiger partial charge in [-0.2, -0.15) is 0 Å². The molecule has 0 spiro atoms. The fourth-order valence-electron chi connectivity index (χ4n) is 2.56. The monoisotopic (exact) mass is 346 g/mol. The molecule has 1 aromatic rings. The smallest absolute Gasteiger partial charge is 0.339 e. The molecule has 0 heterocycles. The van der Waals surface area contributed by atoms with Crippen molar-refractivity contribution in [1.82, 2.24) is 0 Å². The van der Waals surface area contributed by atoms with E-state index in [1.807, 2.05) is 0 Å². The van der Waals surface area contributed by atoms with E-state index in [4.69, 9.17) is 9.84 Å². The fraction of sp³-hybridized carbons (Fsp3) is 0.524. The minimum atomic E-state index is -1.12. The van der Waals surface area contributed by atoms with E-state index in [2.05, 4.69) is 19.1 Å². The van der Waals surface area contributed by atoms with Crippen LogP contribution in [0, 0.1) is 0 Å². The van der Waals surface area contributed by atoms with Crippen molar-refractivity contribution in [3.63, 3.8) is 0 Å². The van der Waals surface area contributed by atoms with Crippen LogP contribution in [0.2, 0.25) is 0 Å². The lowest BCUT2D eigenvalue weighted by Crippen LogP contribution is -2.12. The Morgan fingerprint density at radius 3 is 2.12 bits per heavy atom. The average molecular weight is 346 g/mol. The Labute approximate surface area is 150 Å². The zero-order valence-electron chi connectivity index (χ0n) is 15.2. The molecule has 1 N–H and O–H groups in total. The van der Waals surface area contributed by atoms with Gasteiger partial charge in [-0.3, -0.25) is 0 Å². The van der Waals surface area contributed by atoms with E-state index in [9.17, 15) is 9.59 Å². The molecule has 0 aliphatic rings. The number of aromatic carboxylic acids is 1. The molecule has 0 saturated heterocycles. The summed E-state index contributed by atoms with van der Waals surface area (Å²) >= 11 is 0. The number of carbonyl (C=O) groups is 2. The van der Waals surface area contributed by atoms with E-state index in [-0.39, 0.29) is 11.1 Å². The number of ether oxygens (including phenoxy) is 1. The summed E-state index contributed by atoms with van der Waals surface area (Å²) in [5.74, 6) is -1.68. The van der Waals surface area contributed by atoms with Crippen LogP contribution >= 0.6 is 0 Å². The number of allylic oxidation sites excluding steroid dienone is 2. The predicted octanol–water partition coefficient (Wildman–Crippen LogP) is 5.63. The summed E-state index contributed by atoms with van der Waals surface area (Å²) < 4.78 is 5.18. The molecule has 0 radical (unpaired) electrons. The second-order valence-electron chi connectivity index (χ2n) is 6.16. The molecule has 0 aromatic heterocycles. The quantitative estimate of drug-likeness (QED) is 0.286. The van der Waals surface area contributed by atoms with Gasteiger partial charge in [-0.05, 0) is 50.7 Å². The van der Waals surface area contributed by atoms with Gasteiger partial charge in [0.1, 0.15) is 0 Å². The first-order valence-corrected chi connectivity index (χ1v) is 9.31. The number of benzene rings is 1. The lowest BCUT2D eigenvalue weighted by Gasteiger charge is -2.06. The van der Waals surface area contributed by atoms with E-state index in [1.165, 1.54) is 44.2 Å². The van der Waals surface area contributed by atoms with Crippen molar-refractivity contribution in [2.75, 3.05) is 6.61 Å². The SMILES string of the molecule is CCCCCC/C=C/CCCCCOC(=O)c1ccccc1C(=O)O. The number of hydrogen-bond donors (Lipinski definition) is 1. The van der Waals surface area contributed by atoms with Gasteiger partial charge in [0.2, 0.25) is 0 Å². The summed E-state index contributed by atoms with van der Waals surface area (Å²) in [6.45, 7) is 2.55. The number of unbranched alkanes of at least 4 members (excludes halogenated alkanes) is 7. The maximum Gasteiger partial charge on any atom is 0.339 e. The van der Waals surface area contributed by atoms with Crippen molar-refractivity contribution in [2.45, 2.75) is 64.7 Å². The van der Waals surface area contributed by atoms with Gasteiger partial charge in [-0.25, -0.2) is 9.59 Å². The van der Waals surface area contributed by atoms with Crippen LogP contribution in [0.25, 0.3) is 0 Å². The Morgan fingerprint density at radius 2 is 1.52 bits per heavy atom. The molecule has 138 valence electrons. The Bertz CT molecular complexity index is 549. The van der Waals surface area contributed by atoms with Gasteiger partial charge in [-0.15, -0.1) is 0 Å². The fourth-order valence-corrected chi connectivity index (χ4v) is 2.56. The molecule has 0 saturated carbocycles. The standard InChI is InChI=1S/C21H30O4/c1-2-3-4-5-6-7-8-9-10-11-14-17-25-21(24)19-16-13-12-15-18(19)20(22)23/h7-8,12-13,15-16H,2-6,9-11,14,17H2,1H3,(H,22,23)/b8-7+. The van der Waals surface area contributed by atoms with Crippen LogP contribution < -0.4 is 0 Å². The molecule has 0 bridgehead atoms. The van der Waals surface area contributed by atoms with Gasteiger partial charge < -0.3 is 9.84 Å². The first kappa shape index (κ1) is 20.9. The number of carboxylic acids is 1. The lowest BCUT2D eigenvalue weighted by atomic mass is 10.1. The van der Waals surface area contributed by atoms with Crippen LogP contribution in [0.15, 0.2) is 36.4 Å². The zero-order valence-corrected chi connectivity index (χ0v) is 15.2. The summed E-state index contributed by atoms with van der Waals surface area (Å²) in [5.41, 5.74) is 0.0950. The van der Waals surface area contributed by atoms with E-state index < -0.39 is 11.9 Å². The highest BCUT2D eigenvalue weighted by atomic mass is 16.5. The van der Waals surface area contributed by atoms with Crippen LogP contribution in [0.1, 0.15) is 85.4 Å². The van der Waals surface area contributed by atoms with E-state index >= 15 is 0 Å². The average Bonchev–Trinajstić information content (AvgIpc) is 2.62. The first-order chi connectivity index (χ1) is 12.2. The van der Waals surface area contributed by atoms with Crippen LogP contribution in [-0.4, -0.2) is 23.7 Å². The number of carboxylic acid groups (broad SMARTS) is 1. The largest absolute Gasteiger partial charge is 0.478 e. The molecular weight excluding hydrogens is 316 g/mol. The molecule has 4 heteroatoms. The van der Waals surface area contributed by atoms with Gasteiger partial charge in [0.25, 0.3) is 0 Å². The molecule has 0 aliphatic heterocycles. The number of esters is 1. The van der Waals surface area contributed by atoms with Gasteiger partial charge in [-0.1, -0.05) is 50.5 Å². The second kappa shape index (κ2) is 13.2. The Hall–Kier alpha value is -2.10. The third-order valence-corrected chi connectivity index (χ3v) is 4.02. The first-order valence-electron chi connectivity index (χ1n) is 9.31. The highest BCUT2D eigenvalue weighted by Gasteiger charge is 2.16. The topological polar surface area (TPSA) is 63.6 Å². The number of rotatable bonds is 13. The third kappa shape index (κ3) is 9.08. The molecule has 0 fully saturated rings. The Morgan fingerprint density at radius 1 is 0.920 bits per heavy atom. The van der Waals surface area contributed by atoms with Gasteiger partial charge in [0.05, 0.1) is 17.7 Å². The number of hydrogen-bond acceptors (Lipinski definition) is 3. The van der Waals surface area contributed by atoms with E-state index in [0.29, 0.717) is 6.61 Å². The minimum absolute atomic E-state index is 0.0171. The van der Waals surface area contributed by atoms with Crippen LogP contribution in [0.5, 0.6) is 0 Å². The predicted molar refractivity (Wildman–Crippen MR) is 100 cm³/mol. The maximum absolute atomic E-state index is 12.0. The molecule has 4 nitrogen and oxygen atoms in total. The highest BCUT2D eigenvalue weighted by molar-refractivity contribution is 6.02. The van der Waals surface area contributed by atoms with Crippen molar-refractivity contribution in [3.05, 3.63) is 47.5 Å². The van der Waals surface area contributed by atoms with Gasteiger partial charge >= 0.3 is 11.9 Å². The van der Waals surface area contributed by atoms with Gasteiger partial charge in [0.15, 0.2) is 0 Å². The highest BCUT2D eigenvalue weighted by Crippen LogP contribution is 2.11. The molecule has 0 atom stereocenters. The van der Waals surface area contributed by atoms with Crippen LogP contribution in [-0.2, 0) is 4.74 Å². The summed E-state index contributed by atoms with van der Waals surface area (Å²) in [5, 5.41) is 9.07. The lowest BCUT2D eigenvalue weighted by molar-refractivity contribution is 0.0487. The molecule has 1 aromatic carbocycles. The molecular formula is C21H30O4. The van der Waals surface area contributed by atoms with Crippen molar-refractivity contribution in [1.29, 1.82) is 0 Å². The third-order valence-electron chi connectivity index (χ3n) is 4.02. The molecule has 0 amide bonds. The second-order valence-corrected chi connectivity index (χ2v) is 6.16. The maximum atomic E-state index is 12.0. The molecule has 0 unspecified atom stereocenters. The summed E-state index contributed by atoms with van der Waals surface area (Å²) in [7, 11) is 0. The van der Waals surface area contributed by atoms with Crippen molar-refractivity contribution < 1.29 is 19.4 Å². The zero-order chi connectivity index (χ0) is 18.3. The van der Waals surface area contributed by atoms with Crippen molar-refractivity contribution >= 4 is 11.9 Å². The summed E-state index contributed by atoms with van der Waals surface area (Å²) in [4.78, 5) is 23.0.